The van der Waals surface area contributed by atoms with E-state index in [1.54, 1.807) is 11.3 Å². The van der Waals surface area contributed by atoms with Gasteiger partial charge in [0.1, 0.15) is 5.01 Å². The van der Waals surface area contributed by atoms with Crippen molar-refractivity contribution in [2.45, 2.75) is 18.5 Å². The summed E-state index contributed by atoms with van der Waals surface area (Å²) in [5.41, 5.74) is 7.64. The van der Waals surface area contributed by atoms with E-state index in [0.29, 0.717) is 5.92 Å². The molecule has 0 bridgehead atoms. The largest absolute Gasteiger partial charge is 0.326 e. The van der Waals surface area contributed by atoms with Gasteiger partial charge in [0.15, 0.2) is 0 Å². The van der Waals surface area contributed by atoms with Gasteiger partial charge in [0.05, 0.1) is 16.5 Å². The number of nitrogens with two attached hydrogens (primary N) is 1. The molecule has 1 aromatic carbocycles. The molecule has 1 fully saturated rings. The number of nitrogens with zero attached hydrogens (tertiary/aromatic N) is 2. The van der Waals surface area contributed by atoms with E-state index in [-0.39, 0.29) is 6.04 Å². The summed E-state index contributed by atoms with van der Waals surface area (Å²) in [6.07, 6.45) is 1.87. The first-order chi connectivity index (χ1) is 9.22. The second-order valence-corrected chi connectivity index (χ2v) is 7.43. The molecule has 0 spiro atoms. The highest BCUT2D eigenvalue weighted by Gasteiger charge is 2.31. The molecular weight excluding hydrogens is 322 g/mol. The van der Waals surface area contributed by atoms with Crippen molar-refractivity contribution >= 4 is 27.3 Å². The minimum Gasteiger partial charge on any atom is -0.326 e. The number of benzene rings is 1. The van der Waals surface area contributed by atoms with Crippen molar-refractivity contribution in [3.8, 4) is 0 Å². The third kappa shape index (κ3) is 3.05. The van der Waals surface area contributed by atoms with Crippen LogP contribution in [0.4, 0.5) is 0 Å². The molecule has 1 aliphatic heterocycles. The Labute approximate surface area is 125 Å². The zero-order valence-electron chi connectivity index (χ0n) is 10.5. The van der Waals surface area contributed by atoms with Crippen molar-refractivity contribution in [3.63, 3.8) is 0 Å². The topological polar surface area (TPSA) is 42.1 Å². The van der Waals surface area contributed by atoms with Crippen LogP contribution in [0.5, 0.6) is 0 Å². The van der Waals surface area contributed by atoms with E-state index in [9.17, 15) is 0 Å². The molecule has 0 radical (unpaired) electrons. The van der Waals surface area contributed by atoms with Crippen molar-refractivity contribution in [3.05, 3.63) is 50.9 Å². The lowest BCUT2D eigenvalue weighted by Crippen LogP contribution is -2.28. The summed E-state index contributed by atoms with van der Waals surface area (Å²) in [7, 11) is 0. The SMILES string of the molecule is N[C@@H]1CN(Cc2ncc(Br)s2)C[C@H]1c1ccccc1. The monoisotopic (exact) mass is 337 g/mol. The molecule has 5 heteroatoms. The summed E-state index contributed by atoms with van der Waals surface area (Å²) in [5, 5.41) is 1.15. The summed E-state index contributed by atoms with van der Waals surface area (Å²) in [6, 6.07) is 10.8. The molecule has 0 amide bonds. The van der Waals surface area contributed by atoms with Gasteiger partial charge in [0.2, 0.25) is 0 Å². The molecule has 2 aromatic rings. The molecular formula is C14H16BrN3S. The minimum absolute atomic E-state index is 0.214. The van der Waals surface area contributed by atoms with Crippen LogP contribution in [-0.4, -0.2) is 29.0 Å². The lowest BCUT2D eigenvalue weighted by Gasteiger charge is -2.14. The fourth-order valence-corrected chi connectivity index (χ4v) is 3.99. The van der Waals surface area contributed by atoms with Crippen LogP contribution in [0.2, 0.25) is 0 Å². The number of hydrogen-bond donors (Lipinski definition) is 1. The Morgan fingerprint density at radius 2 is 2.11 bits per heavy atom. The first-order valence-electron chi connectivity index (χ1n) is 6.35. The third-order valence-corrected chi connectivity index (χ3v) is 5.01. The van der Waals surface area contributed by atoms with Gasteiger partial charge in [0, 0.05) is 25.0 Å². The average Bonchev–Trinajstić information content (AvgIpc) is 2.97. The number of thiazole rings is 1. The van der Waals surface area contributed by atoms with E-state index in [0.717, 1.165) is 28.4 Å². The van der Waals surface area contributed by atoms with Crippen LogP contribution in [-0.2, 0) is 6.54 Å². The molecule has 2 N–H and O–H groups in total. The Morgan fingerprint density at radius 3 is 2.79 bits per heavy atom. The Bertz CT molecular complexity index is 543. The fourth-order valence-electron chi connectivity index (χ4n) is 2.65. The van der Waals surface area contributed by atoms with E-state index in [1.165, 1.54) is 5.56 Å². The summed E-state index contributed by atoms with van der Waals surface area (Å²) in [4.78, 5) is 6.79. The van der Waals surface area contributed by atoms with E-state index in [4.69, 9.17) is 5.73 Å². The van der Waals surface area contributed by atoms with Gasteiger partial charge in [-0.15, -0.1) is 11.3 Å². The molecule has 0 aliphatic carbocycles. The molecule has 0 saturated carbocycles. The smallest absolute Gasteiger partial charge is 0.108 e. The molecule has 0 unspecified atom stereocenters. The highest BCUT2D eigenvalue weighted by Crippen LogP contribution is 2.28. The van der Waals surface area contributed by atoms with Gasteiger partial charge >= 0.3 is 0 Å². The summed E-state index contributed by atoms with van der Waals surface area (Å²) in [5.74, 6) is 0.435. The highest BCUT2D eigenvalue weighted by atomic mass is 79.9. The Morgan fingerprint density at radius 1 is 1.32 bits per heavy atom. The van der Waals surface area contributed by atoms with Gasteiger partial charge in [-0.1, -0.05) is 30.3 Å². The zero-order valence-corrected chi connectivity index (χ0v) is 12.9. The van der Waals surface area contributed by atoms with E-state index in [2.05, 4.69) is 56.1 Å². The van der Waals surface area contributed by atoms with Crippen molar-refractivity contribution in [2.75, 3.05) is 13.1 Å². The third-order valence-electron chi connectivity index (χ3n) is 3.55. The number of hydrogen-bond acceptors (Lipinski definition) is 4. The molecule has 2 heterocycles. The van der Waals surface area contributed by atoms with Crippen LogP contribution < -0.4 is 5.73 Å². The maximum absolute atomic E-state index is 6.29. The average molecular weight is 338 g/mol. The summed E-state index contributed by atoms with van der Waals surface area (Å²) >= 11 is 5.15. The molecule has 3 nitrogen and oxygen atoms in total. The van der Waals surface area contributed by atoms with Gasteiger partial charge in [-0.2, -0.15) is 0 Å². The molecule has 1 aromatic heterocycles. The number of rotatable bonds is 3. The predicted molar refractivity (Wildman–Crippen MR) is 82.2 cm³/mol. The van der Waals surface area contributed by atoms with Gasteiger partial charge in [-0.3, -0.25) is 4.90 Å². The van der Waals surface area contributed by atoms with Gasteiger partial charge in [-0.25, -0.2) is 4.98 Å². The lowest BCUT2D eigenvalue weighted by molar-refractivity contribution is 0.323. The van der Waals surface area contributed by atoms with E-state index in [1.807, 2.05) is 6.20 Å². The fraction of sp³-hybridized carbons (Fsp3) is 0.357. The van der Waals surface area contributed by atoms with Crippen molar-refractivity contribution < 1.29 is 0 Å². The number of likely N-dealkylation sites (tertiary alicyclic amines) is 1. The van der Waals surface area contributed by atoms with Crippen LogP contribution in [0.25, 0.3) is 0 Å². The molecule has 19 heavy (non-hydrogen) atoms. The van der Waals surface area contributed by atoms with E-state index >= 15 is 0 Å². The van der Waals surface area contributed by atoms with Crippen molar-refractivity contribution in [2.24, 2.45) is 5.73 Å². The standard InChI is InChI=1S/C14H16BrN3S/c15-13-6-17-14(19-13)9-18-7-11(12(16)8-18)10-4-2-1-3-5-10/h1-6,11-12H,7-9,16H2/t11-,12+/m0/s1. The van der Waals surface area contributed by atoms with Crippen LogP contribution in [0.1, 0.15) is 16.5 Å². The Balaban J connectivity index is 1.68. The quantitative estimate of drug-likeness (QED) is 0.936. The second kappa shape index (κ2) is 5.71. The first kappa shape index (κ1) is 13.2. The predicted octanol–water partition coefficient (Wildman–Crippen LogP) is 2.83. The van der Waals surface area contributed by atoms with Crippen molar-refractivity contribution in [1.82, 2.24) is 9.88 Å². The minimum atomic E-state index is 0.214. The number of halogens is 1. The highest BCUT2D eigenvalue weighted by molar-refractivity contribution is 9.11. The van der Waals surface area contributed by atoms with Crippen LogP contribution in [0.15, 0.2) is 40.3 Å². The zero-order chi connectivity index (χ0) is 13.2. The molecule has 1 saturated heterocycles. The Hall–Kier alpha value is -0.750. The normalized spacial score (nSPS) is 23.9. The Kier molecular flexibility index (Phi) is 3.98. The second-order valence-electron chi connectivity index (χ2n) is 4.93. The summed E-state index contributed by atoms with van der Waals surface area (Å²) in [6.45, 7) is 2.85. The first-order valence-corrected chi connectivity index (χ1v) is 7.96. The molecule has 1 aliphatic rings. The maximum atomic E-state index is 6.29. The summed E-state index contributed by atoms with van der Waals surface area (Å²) < 4.78 is 1.09. The lowest BCUT2D eigenvalue weighted by atomic mass is 9.95. The maximum Gasteiger partial charge on any atom is 0.108 e. The number of aromatic nitrogens is 1. The van der Waals surface area contributed by atoms with Gasteiger partial charge in [0.25, 0.3) is 0 Å². The van der Waals surface area contributed by atoms with Crippen molar-refractivity contribution in [1.29, 1.82) is 0 Å². The van der Waals surface area contributed by atoms with Gasteiger partial charge < -0.3 is 5.73 Å². The van der Waals surface area contributed by atoms with Crippen LogP contribution >= 0.6 is 27.3 Å². The molecule has 100 valence electrons. The van der Waals surface area contributed by atoms with Gasteiger partial charge in [-0.05, 0) is 21.5 Å². The molecule has 2 atom stereocenters. The van der Waals surface area contributed by atoms with E-state index < -0.39 is 0 Å². The molecule has 3 rings (SSSR count). The van der Waals surface area contributed by atoms with Crippen LogP contribution in [0.3, 0.4) is 0 Å². The van der Waals surface area contributed by atoms with Crippen LogP contribution in [0, 0.1) is 0 Å².